The van der Waals surface area contributed by atoms with Crippen molar-refractivity contribution in [2.75, 3.05) is 5.32 Å². The fourth-order valence-corrected chi connectivity index (χ4v) is 3.02. The third-order valence-corrected chi connectivity index (χ3v) is 4.71. The number of halogens is 1. The zero-order valence-corrected chi connectivity index (χ0v) is 15.9. The molecule has 0 aliphatic rings. The maximum atomic E-state index is 12.7. The molecule has 0 radical (unpaired) electrons. The molecule has 0 aliphatic carbocycles. The van der Waals surface area contributed by atoms with Gasteiger partial charge in [-0.2, -0.15) is 0 Å². The van der Waals surface area contributed by atoms with E-state index in [1.807, 2.05) is 42.5 Å². The maximum Gasteiger partial charge on any atom is 0.269 e. The second-order valence-electron chi connectivity index (χ2n) is 6.05. The Morgan fingerprint density at radius 3 is 2.19 bits per heavy atom. The quantitative estimate of drug-likeness (QED) is 0.296. The molecule has 0 spiro atoms. The summed E-state index contributed by atoms with van der Waals surface area (Å²) >= 11 is 3.40. The van der Waals surface area contributed by atoms with E-state index in [9.17, 15) is 14.9 Å². The summed E-state index contributed by atoms with van der Waals surface area (Å²) in [7, 11) is 0. The first kappa shape index (κ1) is 18.8. The first-order chi connectivity index (χ1) is 13.0. The minimum atomic E-state index is -0.434. The average molecular weight is 425 g/mol. The minimum Gasteiger partial charge on any atom is -0.378 e. The van der Waals surface area contributed by atoms with E-state index in [4.69, 9.17) is 0 Å². The lowest BCUT2D eigenvalue weighted by Gasteiger charge is -2.20. The number of nitrogens with zero attached hydrogens (tertiary/aromatic N) is 1. The monoisotopic (exact) mass is 424 g/mol. The second kappa shape index (κ2) is 8.60. The lowest BCUT2D eigenvalue weighted by Crippen LogP contribution is -2.16. The van der Waals surface area contributed by atoms with Crippen LogP contribution in [-0.4, -0.2) is 10.7 Å². The van der Waals surface area contributed by atoms with Gasteiger partial charge in [-0.15, -0.1) is 0 Å². The van der Waals surface area contributed by atoms with Gasteiger partial charge in [0.15, 0.2) is 5.78 Å². The Morgan fingerprint density at radius 2 is 1.59 bits per heavy atom. The number of nitro benzene ring substituents is 1. The molecule has 1 unspecified atom stereocenters. The number of hydrogen-bond donors (Lipinski definition) is 1. The van der Waals surface area contributed by atoms with Crippen LogP contribution in [0.1, 0.15) is 28.4 Å². The van der Waals surface area contributed by atoms with E-state index in [1.54, 1.807) is 24.3 Å². The SMILES string of the molecule is O=C(CC(Nc1ccc(Br)cc1)c1ccc([N+](=O)[O-])cc1)c1ccccc1. The van der Waals surface area contributed by atoms with E-state index in [0.717, 1.165) is 15.7 Å². The smallest absolute Gasteiger partial charge is 0.269 e. The van der Waals surface area contributed by atoms with Gasteiger partial charge in [0.25, 0.3) is 5.69 Å². The van der Waals surface area contributed by atoms with E-state index in [0.29, 0.717) is 5.56 Å². The number of nitrogens with one attached hydrogen (secondary N) is 1. The minimum absolute atomic E-state index is 0.00330. The molecule has 0 saturated carbocycles. The van der Waals surface area contributed by atoms with Crippen LogP contribution < -0.4 is 5.32 Å². The summed E-state index contributed by atoms with van der Waals surface area (Å²) in [5.74, 6) is 0.00330. The Kier molecular flexibility index (Phi) is 5.98. The van der Waals surface area contributed by atoms with Crippen LogP contribution in [0.5, 0.6) is 0 Å². The van der Waals surface area contributed by atoms with Crippen LogP contribution in [0.3, 0.4) is 0 Å². The Labute approximate surface area is 165 Å². The number of carbonyl (C=O) groups is 1. The molecule has 3 rings (SSSR count). The molecule has 0 aromatic heterocycles. The van der Waals surface area contributed by atoms with Gasteiger partial charge >= 0.3 is 0 Å². The molecule has 27 heavy (non-hydrogen) atoms. The van der Waals surface area contributed by atoms with Gasteiger partial charge < -0.3 is 5.32 Å². The number of rotatable bonds is 7. The van der Waals surface area contributed by atoms with Crippen molar-refractivity contribution in [1.82, 2.24) is 0 Å². The van der Waals surface area contributed by atoms with Crippen molar-refractivity contribution in [2.24, 2.45) is 0 Å². The fourth-order valence-electron chi connectivity index (χ4n) is 2.76. The number of Topliss-reactive ketones (excluding diaryl/α,β-unsaturated/α-hetero) is 1. The van der Waals surface area contributed by atoms with Gasteiger partial charge in [-0.1, -0.05) is 58.4 Å². The molecule has 3 aromatic rings. The standard InChI is InChI=1S/C21H17BrN2O3/c22-17-8-10-18(11-9-17)23-20(14-21(25)16-4-2-1-3-5-16)15-6-12-19(13-7-15)24(26)27/h1-13,20,23H,14H2. The second-order valence-corrected chi connectivity index (χ2v) is 6.96. The molecule has 6 heteroatoms. The van der Waals surface area contributed by atoms with Gasteiger partial charge in [0.2, 0.25) is 0 Å². The van der Waals surface area contributed by atoms with Crippen LogP contribution in [0, 0.1) is 10.1 Å². The lowest BCUT2D eigenvalue weighted by atomic mass is 9.97. The average Bonchev–Trinajstić information content (AvgIpc) is 2.70. The highest BCUT2D eigenvalue weighted by atomic mass is 79.9. The summed E-state index contributed by atoms with van der Waals surface area (Å²) in [5.41, 5.74) is 2.34. The highest BCUT2D eigenvalue weighted by molar-refractivity contribution is 9.10. The van der Waals surface area contributed by atoms with Gasteiger partial charge in [0.05, 0.1) is 11.0 Å². The predicted octanol–water partition coefficient (Wildman–Crippen LogP) is 5.78. The van der Waals surface area contributed by atoms with Crippen LogP contribution in [0.25, 0.3) is 0 Å². The zero-order chi connectivity index (χ0) is 19.2. The summed E-state index contributed by atoms with van der Waals surface area (Å²) in [6.07, 6.45) is 0.234. The molecule has 0 aliphatic heterocycles. The zero-order valence-electron chi connectivity index (χ0n) is 14.3. The van der Waals surface area contributed by atoms with Crippen molar-refractivity contribution in [2.45, 2.75) is 12.5 Å². The van der Waals surface area contributed by atoms with Gasteiger partial charge in [-0.25, -0.2) is 0 Å². The molecule has 3 aromatic carbocycles. The van der Waals surface area contributed by atoms with Crippen molar-refractivity contribution < 1.29 is 9.72 Å². The molecule has 0 fully saturated rings. The van der Waals surface area contributed by atoms with Crippen LogP contribution in [-0.2, 0) is 0 Å². The summed E-state index contributed by atoms with van der Waals surface area (Å²) in [6.45, 7) is 0. The topological polar surface area (TPSA) is 72.2 Å². The van der Waals surface area contributed by atoms with Crippen molar-refractivity contribution in [3.8, 4) is 0 Å². The van der Waals surface area contributed by atoms with Crippen molar-refractivity contribution in [1.29, 1.82) is 0 Å². The van der Waals surface area contributed by atoms with Crippen LogP contribution in [0.2, 0.25) is 0 Å². The third kappa shape index (κ3) is 5.01. The van der Waals surface area contributed by atoms with Crippen molar-refractivity contribution >= 4 is 33.1 Å². The highest BCUT2D eigenvalue weighted by Gasteiger charge is 2.18. The Balaban J connectivity index is 1.86. The Hall–Kier alpha value is -2.99. The third-order valence-electron chi connectivity index (χ3n) is 4.18. The van der Waals surface area contributed by atoms with Gasteiger partial charge in [0, 0.05) is 34.3 Å². The normalized spacial score (nSPS) is 11.6. The molecular weight excluding hydrogens is 408 g/mol. The Morgan fingerprint density at radius 1 is 0.963 bits per heavy atom. The number of carbonyl (C=O) groups excluding carboxylic acids is 1. The van der Waals surface area contributed by atoms with E-state index in [-0.39, 0.29) is 23.9 Å². The molecule has 0 amide bonds. The summed E-state index contributed by atoms with van der Waals surface area (Å²) < 4.78 is 0.959. The van der Waals surface area contributed by atoms with Gasteiger partial charge in [0.1, 0.15) is 0 Å². The number of hydrogen-bond acceptors (Lipinski definition) is 4. The summed E-state index contributed by atoms with van der Waals surface area (Å²) in [5, 5.41) is 14.3. The fraction of sp³-hybridized carbons (Fsp3) is 0.0952. The van der Waals surface area contributed by atoms with Crippen LogP contribution in [0.15, 0.2) is 83.3 Å². The van der Waals surface area contributed by atoms with E-state index < -0.39 is 4.92 Å². The number of benzene rings is 3. The van der Waals surface area contributed by atoms with E-state index in [2.05, 4.69) is 21.2 Å². The Bertz CT molecular complexity index is 926. The molecule has 0 heterocycles. The molecule has 0 saturated heterocycles. The molecule has 1 atom stereocenters. The molecule has 0 bridgehead atoms. The van der Waals surface area contributed by atoms with Crippen molar-refractivity contribution in [3.05, 3.63) is 105 Å². The molecular formula is C21H17BrN2O3. The number of non-ortho nitro benzene ring substituents is 1. The van der Waals surface area contributed by atoms with Gasteiger partial charge in [-0.05, 0) is 29.8 Å². The summed E-state index contributed by atoms with van der Waals surface area (Å²) in [6, 6.07) is 22.7. The highest BCUT2D eigenvalue weighted by Crippen LogP contribution is 2.27. The summed E-state index contributed by atoms with van der Waals surface area (Å²) in [4.78, 5) is 23.2. The lowest BCUT2D eigenvalue weighted by molar-refractivity contribution is -0.384. The predicted molar refractivity (Wildman–Crippen MR) is 109 cm³/mol. The van der Waals surface area contributed by atoms with Crippen LogP contribution in [0.4, 0.5) is 11.4 Å². The van der Waals surface area contributed by atoms with E-state index >= 15 is 0 Å². The first-order valence-electron chi connectivity index (χ1n) is 8.37. The largest absolute Gasteiger partial charge is 0.378 e. The molecule has 1 N–H and O–H groups in total. The maximum absolute atomic E-state index is 12.7. The number of nitro groups is 1. The molecule has 5 nitrogen and oxygen atoms in total. The van der Waals surface area contributed by atoms with Crippen molar-refractivity contribution in [3.63, 3.8) is 0 Å². The molecule has 136 valence electrons. The number of anilines is 1. The van der Waals surface area contributed by atoms with Crippen LogP contribution >= 0.6 is 15.9 Å². The number of ketones is 1. The van der Waals surface area contributed by atoms with E-state index in [1.165, 1.54) is 12.1 Å². The first-order valence-corrected chi connectivity index (χ1v) is 9.17. The van der Waals surface area contributed by atoms with Gasteiger partial charge in [-0.3, -0.25) is 14.9 Å².